The van der Waals surface area contributed by atoms with Crippen molar-refractivity contribution >= 4 is 14.3 Å². The van der Waals surface area contributed by atoms with Crippen molar-refractivity contribution in [2.75, 3.05) is 6.61 Å². The SMILES string of the molecule is CCOC(=O)c1c(C2CCC2)nc2c(c1C)C(O[Si](C)(C)C(C)(C)C)CC(C)(C)C2. The number of nitrogens with zero attached hydrogens (tertiary/aromatic N) is 1. The van der Waals surface area contributed by atoms with Crippen LogP contribution in [0.5, 0.6) is 0 Å². The molecule has 0 saturated heterocycles. The minimum absolute atomic E-state index is 0.0132. The molecule has 2 aliphatic carbocycles. The van der Waals surface area contributed by atoms with Crippen molar-refractivity contribution in [2.24, 2.45) is 5.41 Å². The van der Waals surface area contributed by atoms with Gasteiger partial charge in [0.05, 0.1) is 24.0 Å². The molecule has 5 heteroatoms. The zero-order valence-electron chi connectivity index (χ0n) is 20.6. The van der Waals surface area contributed by atoms with Crippen LogP contribution in [0.25, 0.3) is 0 Å². The van der Waals surface area contributed by atoms with Gasteiger partial charge in [-0.15, -0.1) is 0 Å². The van der Waals surface area contributed by atoms with Crippen molar-refractivity contribution in [3.05, 3.63) is 28.1 Å². The van der Waals surface area contributed by atoms with E-state index in [1.165, 1.54) is 6.42 Å². The molecule has 0 amide bonds. The van der Waals surface area contributed by atoms with Crippen LogP contribution in [-0.2, 0) is 15.6 Å². The van der Waals surface area contributed by atoms with Gasteiger partial charge in [-0.3, -0.25) is 4.98 Å². The summed E-state index contributed by atoms with van der Waals surface area (Å²) < 4.78 is 12.4. The average molecular weight is 432 g/mol. The normalized spacial score (nSPS) is 21.7. The smallest absolute Gasteiger partial charge is 0.340 e. The van der Waals surface area contributed by atoms with Crippen molar-refractivity contribution < 1.29 is 14.0 Å². The number of fused-ring (bicyclic) bond motifs is 1. The highest BCUT2D eigenvalue weighted by atomic mass is 28.4. The zero-order valence-corrected chi connectivity index (χ0v) is 21.6. The topological polar surface area (TPSA) is 48.4 Å². The number of carbonyl (C=O) groups excluding carboxylic acids is 1. The summed E-state index contributed by atoms with van der Waals surface area (Å²) in [5, 5.41) is 0.131. The molecule has 4 nitrogen and oxygen atoms in total. The van der Waals surface area contributed by atoms with Crippen LogP contribution in [0.4, 0.5) is 0 Å². The minimum Gasteiger partial charge on any atom is -0.462 e. The quantitative estimate of drug-likeness (QED) is 0.377. The van der Waals surface area contributed by atoms with Gasteiger partial charge in [-0.2, -0.15) is 0 Å². The summed E-state index contributed by atoms with van der Waals surface area (Å²) in [6.45, 7) is 20.4. The maximum atomic E-state index is 13.0. The molecule has 1 saturated carbocycles. The molecule has 0 radical (unpaired) electrons. The lowest BCUT2D eigenvalue weighted by molar-refractivity contribution is 0.0520. The Bertz CT molecular complexity index is 819. The van der Waals surface area contributed by atoms with E-state index in [1.54, 1.807) is 0 Å². The molecular weight excluding hydrogens is 390 g/mol. The van der Waals surface area contributed by atoms with Gasteiger partial charge in [0.1, 0.15) is 0 Å². The molecule has 1 heterocycles. The number of hydrogen-bond acceptors (Lipinski definition) is 4. The van der Waals surface area contributed by atoms with Crippen LogP contribution in [-0.4, -0.2) is 25.9 Å². The molecular formula is C25H41NO3Si. The Hall–Kier alpha value is -1.20. The average Bonchev–Trinajstić information content (AvgIpc) is 2.50. The van der Waals surface area contributed by atoms with E-state index in [0.29, 0.717) is 18.1 Å². The molecule has 2 aliphatic rings. The first-order valence-electron chi connectivity index (χ1n) is 11.7. The fourth-order valence-electron chi connectivity index (χ4n) is 4.57. The number of esters is 1. The molecule has 0 aromatic carbocycles. The lowest BCUT2D eigenvalue weighted by Gasteiger charge is -2.45. The van der Waals surface area contributed by atoms with E-state index in [1.807, 2.05) is 6.92 Å². The predicted molar refractivity (Wildman–Crippen MR) is 125 cm³/mol. The number of rotatable bonds is 5. The van der Waals surface area contributed by atoms with Crippen molar-refractivity contribution in [2.45, 2.75) is 111 Å². The molecule has 0 aliphatic heterocycles. The van der Waals surface area contributed by atoms with Crippen molar-refractivity contribution in [3.8, 4) is 0 Å². The summed E-state index contributed by atoms with van der Waals surface area (Å²) in [6, 6.07) is 0. The Morgan fingerprint density at radius 3 is 2.37 bits per heavy atom. The second-order valence-electron chi connectivity index (χ2n) is 11.6. The first-order chi connectivity index (χ1) is 13.8. The number of pyridine rings is 1. The third-order valence-corrected chi connectivity index (χ3v) is 12.0. The summed E-state index contributed by atoms with van der Waals surface area (Å²) in [5.74, 6) is 0.168. The molecule has 1 aromatic rings. The van der Waals surface area contributed by atoms with Crippen LogP contribution in [0.2, 0.25) is 18.1 Å². The number of ether oxygens (including phenoxy) is 1. The molecule has 1 fully saturated rings. The molecule has 0 bridgehead atoms. The van der Waals surface area contributed by atoms with Gasteiger partial charge in [0.15, 0.2) is 8.32 Å². The molecule has 1 aromatic heterocycles. The number of aromatic nitrogens is 1. The fraction of sp³-hybridized carbons (Fsp3) is 0.760. The Kier molecular flexibility index (Phi) is 6.29. The first-order valence-corrected chi connectivity index (χ1v) is 14.6. The molecule has 30 heavy (non-hydrogen) atoms. The molecule has 168 valence electrons. The Balaban J connectivity index is 2.15. The third-order valence-electron chi connectivity index (χ3n) is 7.52. The van der Waals surface area contributed by atoms with Gasteiger partial charge in [0.25, 0.3) is 0 Å². The summed E-state index contributed by atoms with van der Waals surface area (Å²) in [5.41, 5.74) is 5.15. The van der Waals surface area contributed by atoms with Gasteiger partial charge in [0, 0.05) is 17.2 Å². The van der Waals surface area contributed by atoms with Crippen LogP contribution < -0.4 is 0 Å². The van der Waals surface area contributed by atoms with E-state index in [2.05, 4.69) is 54.6 Å². The largest absolute Gasteiger partial charge is 0.462 e. The minimum atomic E-state index is -1.98. The highest BCUT2D eigenvalue weighted by Crippen LogP contribution is 2.49. The Morgan fingerprint density at radius 2 is 1.87 bits per heavy atom. The molecule has 3 rings (SSSR count). The van der Waals surface area contributed by atoms with E-state index < -0.39 is 8.32 Å². The molecule has 0 N–H and O–H groups in total. The standard InChI is InChI=1S/C25H41NO3Si/c1-10-28-23(27)21-16(2)20-18(26-22(21)17-12-11-13-17)14-25(6,7)15-19(20)29-30(8,9)24(3,4)5/h17,19H,10-15H2,1-9H3. The van der Waals surface area contributed by atoms with Crippen LogP contribution in [0.15, 0.2) is 0 Å². The van der Waals surface area contributed by atoms with Crippen molar-refractivity contribution in [1.29, 1.82) is 0 Å². The van der Waals surface area contributed by atoms with Crippen molar-refractivity contribution in [3.63, 3.8) is 0 Å². The van der Waals surface area contributed by atoms with E-state index in [9.17, 15) is 4.79 Å². The molecule has 1 atom stereocenters. The van der Waals surface area contributed by atoms with Crippen LogP contribution in [0.1, 0.15) is 112 Å². The van der Waals surface area contributed by atoms with Gasteiger partial charge in [-0.1, -0.05) is 41.0 Å². The lowest BCUT2D eigenvalue weighted by atomic mass is 9.72. The van der Waals surface area contributed by atoms with E-state index >= 15 is 0 Å². The van der Waals surface area contributed by atoms with Crippen LogP contribution in [0.3, 0.4) is 0 Å². The van der Waals surface area contributed by atoms with E-state index in [-0.39, 0.29) is 22.5 Å². The zero-order chi connectivity index (χ0) is 22.5. The Morgan fingerprint density at radius 1 is 1.23 bits per heavy atom. The predicted octanol–water partition coefficient (Wildman–Crippen LogP) is 6.87. The Labute approximate surface area is 184 Å². The third kappa shape index (κ3) is 4.38. The monoisotopic (exact) mass is 431 g/mol. The summed E-state index contributed by atoms with van der Waals surface area (Å²) in [7, 11) is -1.98. The second-order valence-corrected chi connectivity index (χ2v) is 16.4. The lowest BCUT2D eigenvalue weighted by Crippen LogP contribution is -2.44. The second kappa shape index (κ2) is 8.05. The summed E-state index contributed by atoms with van der Waals surface area (Å²) in [4.78, 5) is 18.2. The van der Waals surface area contributed by atoms with Crippen LogP contribution >= 0.6 is 0 Å². The number of carbonyl (C=O) groups is 1. The molecule has 1 unspecified atom stereocenters. The van der Waals surface area contributed by atoms with Gasteiger partial charge >= 0.3 is 5.97 Å². The maximum absolute atomic E-state index is 13.0. The van der Waals surface area contributed by atoms with Gasteiger partial charge in [-0.05, 0) is 68.6 Å². The van der Waals surface area contributed by atoms with Gasteiger partial charge in [-0.25, -0.2) is 4.79 Å². The van der Waals surface area contributed by atoms with Gasteiger partial charge < -0.3 is 9.16 Å². The fourth-order valence-corrected chi connectivity index (χ4v) is 5.83. The van der Waals surface area contributed by atoms with E-state index in [0.717, 1.165) is 48.2 Å². The number of hydrogen-bond donors (Lipinski definition) is 0. The van der Waals surface area contributed by atoms with Crippen LogP contribution in [0, 0.1) is 12.3 Å². The highest BCUT2D eigenvalue weighted by molar-refractivity contribution is 6.74. The summed E-state index contributed by atoms with van der Waals surface area (Å²) >= 11 is 0. The van der Waals surface area contributed by atoms with Crippen molar-refractivity contribution in [1.82, 2.24) is 4.98 Å². The maximum Gasteiger partial charge on any atom is 0.340 e. The first kappa shape index (κ1) is 23.5. The molecule has 0 spiro atoms. The van der Waals surface area contributed by atoms with E-state index in [4.69, 9.17) is 14.1 Å². The summed E-state index contributed by atoms with van der Waals surface area (Å²) in [6.07, 6.45) is 5.33. The van der Waals surface area contributed by atoms with Gasteiger partial charge in [0.2, 0.25) is 0 Å². The highest BCUT2D eigenvalue weighted by Gasteiger charge is 2.44.